The number of halogens is 1. The van der Waals surface area contributed by atoms with E-state index in [1.807, 2.05) is 13.8 Å². The lowest BCUT2D eigenvalue weighted by Crippen LogP contribution is -2.29. The molecule has 1 aromatic rings. The molecule has 1 N–H and O–H groups in total. The zero-order valence-electron chi connectivity index (χ0n) is 12.3. The molecule has 0 bridgehead atoms. The summed E-state index contributed by atoms with van der Waals surface area (Å²) in [5, 5.41) is 3.07. The van der Waals surface area contributed by atoms with Crippen molar-refractivity contribution in [1.29, 1.82) is 0 Å². The summed E-state index contributed by atoms with van der Waals surface area (Å²) in [7, 11) is -2.11. The van der Waals surface area contributed by atoms with Crippen LogP contribution in [0.5, 0.6) is 0 Å². The van der Waals surface area contributed by atoms with Gasteiger partial charge in [-0.3, -0.25) is 0 Å². The average molecular weight is 302 g/mol. The molecule has 0 aliphatic rings. The Morgan fingerprint density at radius 3 is 2.60 bits per heavy atom. The highest BCUT2D eigenvalue weighted by Gasteiger charge is 2.23. The first kappa shape index (κ1) is 17.1. The zero-order valence-corrected chi connectivity index (χ0v) is 13.1. The summed E-state index contributed by atoms with van der Waals surface area (Å²) in [6.45, 7) is 5.51. The Balaban J connectivity index is 3.11. The van der Waals surface area contributed by atoms with Crippen molar-refractivity contribution in [2.24, 2.45) is 0 Å². The van der Waals surface area contributed by atoms with Crippen molar-refractivity contribution in [2.75, 3.05) is 20.1 Å². The number of hydrogen-bond acceptors (Lipinski definition) is 3. The van der Waals surface area contributed by atoms with E-state index in [-0.39, 0.29) is 4.90 Å². The van der Waals surface area contributed by atoms with Crippen molar-refractivity contribution in [3.05, 3.63) is 29.6 Å². The van der Waals surface area contributed by atoms with Gasteiger partial charge in [-0.15, -0.1) is 0 Å². The predicted molar refractivity (Wildman–Crippen MR) is 78.5 cm³/mol. The van der Waals surface area contributed by atoms with E-state index in [0.29, 0.717) is 18.7 Å². The van der Waals surface area contributed by atoms with Crippen LogP contribution in [0, 0.1) is 5.82 Å². The quantitative estimate of drug-likeness (QED) is 0.802. The van der Waals surface area contributed by atoms with E-state index in [0.717, 1.165) is 25.5 Å². The minimum Gasteiger partial charge on any atom is -0.313 e. The summed E-state index contributed by atoms with van der Waals surface area (Å²) in [5.74, 6) is -0.535. The highest BCUT2D eigenvalue weighted by molar-refractivity contribution is 7.89. The van der Waals surface area contributed by atoms with Gasteiger partial charge < -0.3 is 5.32 Å². The van der Waals surface area contributed by atoms with Crippen LogP contribution in [-0.2, 0) is 16.6 Å². The molecule has 114 valence electrons. The number of unbranched alkanes of at least 4 members (excludes halogenated alkanes) is 1. The van der Waals surface area contributed by atoms with E-state index in [9.17, 15) is 12.8 Å². The lowest BCUT2D eigenvalue weighted by atomic mass is 10.2. The van der Waals surface area contributed by atoms with E-state index in [1.165, 1.54) is 23.5 Å². The van der Waals surface area contributed by atoms with Crippen LogP contribution in [0.25, 0.3) is 0 Å². The molecular weight excluding hydrogens is 279 g/mol. The van der Waals surface area contributed by atoms with E-state index in [1.54, 1.807) is 0 Å². The van der Waals surface area contributed by atoms with E-state index >= 15 is 0 Å². The van der Waals surface area contributed by atoms with Crippen LogP contribution in [-0.4, -0.2) is 32.9 Å². The number of nitrogens with one attached hydrogen (secondary N) is 1. The van der Waals surface area contributed by atoms with Crippen molar-refractivity contribution >= 4 is 10.0 Å². The maximum Gasteiger partial charge on any atom is 0.243 e. The summed E-state index contributed by atoms with van der Waals surface area (Å²) in [6.07, 6.45) is 1.70. The first-order chi connectivity index (χ1) is 9.43. The van der Waals surface area contributed by atoms with Crippen LogP contribution in [0.3, 0.4) is 0 Å². The van der Waals surface area contributed by atoms with Gasteiger partial charge in [0.1, 0.15) is 5.82 Å². The molecule has 0 atom stereocenters. The van der Waals surface area contributed by atoms with Crippen molar-refractivity contribution in [2.45, 2.75) is 38.1 Å². The lowest BCUT2D eigenvalue weighted by molar-refractivity contribution is 0.457. The number of rotatable bonds is 8. The number of hydrogen-bond donors (Lipinski definition) is 1. The van der Waals surface area contributed by atoms with Crippen LogP contribution < -0.4 is 5.32 Å². The summed E-state index contributed by atoms with van der Waals surface area (Å²) >= 11 is 0. The fourth-order valence-corrected chi connectivity index (χ4v) is 3.28. The minimum atomic E-state index is -3.64. The number of sulfonamides is 1. The molecule has 0 aliphatic heterocycles. The van der Waals surface area contributed by atoms with Gasteiger partial charge in [0, 0.05) is 20.1 Å². The maximum absolute atomic E-state index is 13.4. The van der Waals surface area contributed by atoms with E-state index < -0.39 is 15.8 Å². The second-order valence-electron chi connectivity index (χ2n) is 4.71. The fourth-order valence-electron chi connectivity index (χ4n) is 1.84. The smallest absolute Gasteiger partial charge is 0.243 e. The largest absolute Gasteiger partial charge is 0.313 e. The van der Waals surface area contributed by atoms with Gasteiger partial charge in [-0.1, -0.05) is 26.3 Å². The molecule has 0 spiro atoms. The Morgan fingerprint density at radius 1 is 1.30 bits per heavy atom. The molecule has 0 saturated heterocycles. The molecule has 0 aromatic heterocycles. The number of benzene rings is 1. The monoisotopic (exact) mass is 302 g/mol. The van der Waals surface area contributed by atoms with Crippen molar-refractivity contribution < 1.29 is 12.8 Å². The minimum absolute atomic E-state index is 0.0528. The van der Waals surface area contributed by atoms with E-state index in [4.69, 9.17) is 0 Å². The van der Waals surface area contributed by atoms with Gasteiger partial charge in [0.05, 0.1) is 4.90 Å². The van der Waals surface area contributed by atoms with Crippen LogP contribution in [0.15, 0.2) is 23.1 Å². The molecule has 1 rings (SSSR count). The number of nitrogens with zero attached hydrogens (tertiary/aromatic N) is 1. The molecule has 0 unspecified atom stereocenters. The summed E-state index contributed by atoms with van der Waals surface area (Å²) in [4.78, 5) is 0.0528. The fraction of sp³-hybridized carbons (Fsp3) is 0.571. The highest BCUT2D eigenvalue weighted by atomic mass is 32.2. The standard InChI is InChI=1S/C14H23FN2O2S/c1-4-6-9-17(3)20(18,19)14-10-13(15)8-7-12(14)11-16-5-2/h7-8,10,16H,4-6,9,11H2,1-3H3. The van der Waals surface area contributed by atoms with Crippen molar-refractivity contribution in [1.82, 2.24) is 9.62 Å². The lowest BCUT2D eigenvalue weighted by Gasteiger charge is -2.19. The third-order valence-corrected chi connectivity index (χ3v) is 5.05. The Hall–Kier alpha value is -0.980. The predicted octanol–water partition coefficient (Wildman–Crippen LogP) is 2.36. The van der Waals surface area contributed by atoms with Crippen molar-refractivity contribution in [3.63, 3.8) is 0 Å². The molecule has 6 heteroatoms. The van der Waals surface area contributed by atoms with Gasteiger partial charge in [-0.2, -0.15) is 0 Å². The maximum atomic E-state index is 13.4. The first-order valence-corrected chi connectivity index (χ1v) is 8.33. The van der Waals surface area contributed by atoms with Crippen LogP contribution >= 0.6 is 0 Å². The molecule has 0 amide bonds. The highest BCUT2D eigenvalue weighted by Crippen LogP contribution is 2.21. The Kier molecular flexibility index (Phi) is 6.58. The summed E-state index contributed by atoms with van der Waals surface area (Å²) in [5.41, 5.74) is 0.594. The molecule has 1 aromatic carbocycles. The second-order valence-corrected chi connectivity index (χ2v) is 6.73. The zero-order chi connectivity index (χ0) is 15.2. The molecule has 0 radical (unpaired) electrons. The van der Waals surface area contributed by atoms with Crippen molar-refractivity contribution in [3.8, 4) is 0 Å². The SMILES string of the molecule is CCCCN(C)S(=O)(=O)c1cc(F)ccc1CNCC. The molecular formula is C14H23FN2O2S. The molecule has 0 heterocycles. The molecule has 20 heavy (non-hydrogen) atoms. The van der Waals surface area contributed by atoms with Gasteiger partial charge in [-0.05, 0) is 30.7 Å². The second kappa shape index (κ2) is 7.71. The van der Waals surface area contributed by atoms with Gasteiger partial charge in [0.25, 0.3) is 0 Å². The van der Waals surface area contributed by atoms with Crippen LogP contribution in [0.2, 0.25) is 0 Å². The van der Waals surface area contributed by atoms with Gasteiger partial charge in [-0.25, -0.2) is 17.1 Å². The van der Waals surface area contributed by atoms with Gasteiger partial charge >= 0.3 is 0 Å². The third-order valence-electron chi connectivity index (χ3n) is 3.11. The first-order valence-electron chi connectivity index (χ1n) is 6.89. The third kappa shape index (κ3) is 4.26. The molecule has 0 aliphatic carbocycles. The average Bonchev–Trinajstić information content (AvgIpc) is 2.43. The topological polar surface area (TPSA) is 49.4 Å². The molecule has 0 fully saturated rings. The van der Waals surface area contributed by atoms with Gasteiger partial charge in [0.2, 0.25) is 10.0 Å². The Morgan fingerprint density at radius 2 is 2.00 bits per heavy atom. The van der Waals surface area contributed by atoms with Gasteiger partial charge in [0.15, 0.2) is 0 Å². The Labute approximate surface area is 121 Å². The summed E-state index contributed by atoms with van der Waals surface area (Å²) in [6, 6.07) is 3.92. The Bertz CT molecular complexity index is 532. The van der Waals surface area contributed by atoms with Crippen LogP contribution in [0.1, 0.15) is 32.3 Å². The molecule has 0 saturated carbocycles. The molecule has 4 nitrogen and oxygen atoms in total. The van der Waals surface area contributed by atoms with E-state index in [2.05, 4.69) is 5.32 Å². The summed E-state index contributed by atoms with van der Waals surface area (Å²) < 4.78 is 39.7. The normalized spacial score (nSPS) is 12.1. The van der Waals surface area contributed by atoms with Crippen LogP contribution in [0.4, 0.5) is 4.39 Å².